The second-order valence-corrected chi connectivity index (χ2v) is 6.59. The van der Waals surface area contributed by atoms with E-state index in [9.17, 15) is 9.46 Å². The molecule has 0 amide bonds. The normalized spacial score (nSPS) is 30.0. The third-order valence-corrected chi connectivity index (χ3v) is 3.98. The summed E-state index contributed by atoms with van der Waals surface area (Å²) in [6.07, 6.45) is -0.542. The lowest BCUT2D eigenvalue weighted by Gasteiger charge is -2.39. The van der Waals surface area contributed by atoms with Crippen LogP contribution in [0.15, 0.2) is 24.3 Å². The molecular formula is C13H19O5P. The lowest BCUT2D eigenvalue weighted by atomic mass is 9.83. The fraction of sp³-hybridized carbons (Fsp3) is 0.538. The fourth-order valence-corrected chi connectivity index (χ4v) is 3.31. The first-order chi connectivity index (χ1) is 8.86. The molecule has 6 heteroatoms. The maximum Gasteiger partial charge on any atom is 0.472 e. The van der Waals surface area contributed by atoms with E-state index in [1.807, 2.05) is 45.0 Å². The molecule has 0 spiro atoms. The summed E-state index contributed by atoms with van der Waals surface area (Å²) in [6.45, 7) is 6.44. The topological polar surface area (TPSA) is 65.0 Å². The third-order valence-electron chi connectivity index (χ3n) is 3.05. The van der Waals surface area contributed by atoms with Crippen LogP contribution in [0.1, 0.15) is 32.4 Å². The highest BCUT2D eigenvalue weighted by atomic mass is 31.2. The van der Waals surface area contributed by atoms with Crippen molar-refractivity contribution in [2.45, 2.75) is 26.9 Å². The Morgan fingerprint density at radius 2 is 2.16 bits per heavy atom. The van der Waals surface area contributed by atoms with Gasteiger partial charge in [0.2, 0.25) is 0 Å². The van der Waals surface area contributed by atoms with Crippen molar-refractivity contribution in [3.8, 4) is 5.75 Å². The van der Waals surface area contributed by atoms with Crippen molar-refractivity contribution in [3.05, 3.63) is 29.8 Å². The number of rotatable bonds is 3. The standard InChI is InChI=1S/C13H19O5P/c1-4-16-11-8-6-5-7-10(11)12-13(2,3)9-17-19(14,15)18-12/h5-8,12H,4,9H2,1-3H3,(H,14,15)/t12-/m0/s1. The maximum absolute atomic E-state index is 11.6. The summed E-state index contributed by atoms with van der Waals surface area (Å²) in [7, 11) is -3.98. The molecule has 19 heavy (non-hydrogen) atoms. The fourth-order valence-electron chi connectivity index (χ4n) is 2.09. The molecule has 2 atom stereocenters. The number of hydrogen-bond acceptors (Lipinski definition) is 4. The van der Waals surface area contributed by atoms with Crippen LogP contribution in [0.4, 0.5) is 0 Å². The largest absolute Gasteiger partial charge is 0.493 e. The molecule has 5 nitrogen and oxygen atoms in total. The van der Waals surface area contributed by atoms with Gasteiger partial charge in [-0.25, -0.2) is 4.57 Å². The molecule has 1 aromatic carbocycles. The van der Waals surface area contributed by atoms with E-state index >= 15 is 0 Å². The Morgan fingerprint density at radius 3 is 2.84 bits per heavy atom. The Hall–Kier alpha value is -0.870. The molecule has 1 heterocycles. The van der Waals surface area contributed by atoms with Crippen LogP contribution in [0.5, 0.6) is 5.75 Å². The Morgan fingerprint density at radius 1 is 1.47 bits per heavy atom. The van der Waals surface area contributed by atoms with Crippen molar-refractivity contribution < 1.29 is 23.2 Å². The van der Waals surface area contributed by atoms with Gasteiger partial charge >= 0.3 is 7.82 Å². The first-order valence-electron chi connectivity index (χ1n) is 6.23. The van der Waals surface area contributed by atoms with E-state index in [1.54, 1.807) is 0 Å². The molecule has 1 unspecified atom stereocenters. The summed E-state index contributed by atoms with van der Waals surface area (Å²) in [5.74, 6) is 0.671. The molecule has 2 rings (SSSR count). The Balaban J connectivity index is 2.40. The van der Waals surface area contributed by atoms with Gasteiger partial charge in [0.05, 0.1) is 13.2 Å². The van der Waals surface area contributed by atoms with Gasteiger partial charge in [0, 0.05) is 11.0 Å². The van der Waals surface area contributed by atoms with Gasteiger partial charge in [-0.15, -0.1) is 0 Å². The second kappa shape index (κ2) is 5.25. The molecule has 0 saturated carbocycles. The summed E-state index contributed by atoms with van der Waals surface area (Å²) in [5.41, 5.74) is 0.357. The minimum absolute atomic E-state index is 0.159. The van der Waals surface area contributed by atoms with E-state index in [0.717, 1.165) is 5.56 Å². The Bertz CT molecular complexity index is 500. The highest BCUT2D eigenvalue weighted by Crippen LogP contribution is 2.59. The monoisotopic (exact) mass is 286 g/mol. The quantitative estimate of drug-likeness (QED) is 0.864. The summed E-state index contributed by atoms with van der Waals surface area (Å²) >= 11 is 0. The molecule has 0 radical (unpaired) electrons. The van der Waals surface area contributed by atoms with Crippen LogP contribution in [-0.2, 0) is 13.6 Å². The van der Waals surface area contributed by atoms with Gasteiger partial charge in [-0.1, -0.05) is 32.0 Å². The maximum atomic E-state index is 11.6. The highest BCUT2D eigenvalue weighted by molar-refractivity contribution is 7.47. The number of phosphoric ester groups is 1. The lowest BCUT2D eigenvalue weighted by molar-refractivity contribution is -0.0482. The SMILES string of the molecule is CCOc1ccccc1[C@@H]1OP(=O)(O)OCC1(C)C. The van der Waals surface area contributed by atoms with Crippen LogP contribution in [0.3, 0.4) is 0 Å². The predicted octanol–water partition coefficient (Wildman–Crippen LogP) is 3.30. The molecule has 0 aromatic heterocycles. The van der Waals surface area contributed by atoms with Crippen LogP contribution in [0.2, 0.25) is 0 Å². The number of para-hydroxylation sites is 1. The van der Waals surface area contributed by atoms with Gasteiger partial charge in [-0.05, 0) is 13.0 Å². The lowest BCUT2D eigenvalue weighted by Crippen LogP contribution is -2.33. The molecule has 1 aromatic rings. The van der Waals surface area contributed by atoms with Crippen LogP contribution < -0.4 is 4.74 Å². The van der Waals surface area contributed by atoms with Gasteiger partial charge in [-0.3, -0.25) is 9.05 Å². The Kier molecular flexibility index (Phi) is 4.02. The zero-order valence-corrected chi connectivity index (χ0v) is 12.2. The van der Waals surface area contributed by atoms with E-state index in [2.05, 4.69) is 0 Å². The first kappa shape index (κ1) is 14.5. The van der Waals surface area contributed by atoms with Crippen molar-refractivity contribution in [1.29, 1.82) is 0 Å². The summed E-state index contributed by atoms with van der Waals surface area (Å²) < 4.78 is 27.4. The third kappa shape index (κ3) is 3.18. The number of benzene rings is 1. The van der Waals surface area contributed by atoms with Gasteiger partial charge in [0.25, 0.3) is 0 Å². The summed E-state index contributed by atoms with van der Waals surface area (Å²) in [6, 6.07) is 7.40. The van der Waals surface area contributed by atoms with Crippen molar-refractivity contribution in [3.63, 3.8) is 0 Å². The first-order valence-corrected chi connectivity index (χ1v) is 7.73. The Labute approximate surface area is 113 Å². The number of hydrogen-bond donors (Lipinski definition) is 1. The van der Waals surface area contributed by atoms with E-state index < -0.39 is 19.3 Å². The van der Waals surface area contributed by atoms with Crippen LogP contribution >= 0.6 is 7.82 Å². The number of phosphoric acid groups is 1. The van der Waals surface area contributed by atoms with Crippen LogP contribution in [0, 0.1) is 5.41 Å². The van der Waals surface area contributed by atoms with E-state index in [0.29, 0.717) is 12.4 Å². The minimum atomic E-state index is -3.98. The van der Waals surface area contributed by atoms with E-state index in [4.69, 9.17) is 13.8 Å². The average molecular weight is 286 g/mol. The highest BCUT2D eigenvalue weighted by Gasteiger charge is 2.45. The molecule has 0 aliphatic carbocycles. The van der Waals surface area contributed by atoms with Crippen molar-refractivity contribution in [2.75, 3.05) is 13.2 Å². The van der Waals surface area contributed by atoms with Crippen molar-refractivity contribution >= 4 is 7.82 Å². The van der Waals surface area contributed by atoms with Gasteiger partial charge in [-0.2, -0.15) is 0 Å². The summed E-state index contributed by atoms with van der Waals surface area (Å²) in [4.78, 5) is 9.53. The molecule has 1 N–H and O–H groups in total. The van der Waals surface area contributed by atoms with E-state index in [-0.39, 0.29) is 6.61 Å². The summed E-state index contributed by atoms with van der Waals surface area (Å²) in [5, 5.41) is 0. The second-order valence-electron chi connectivity index (χ2n) is 5.19. The average Bonchev–Trinajstić information content (AvgIpc) is 2.34. The van der Waals surface area contributed by atoms with E-state index in [1.165, 1.54) is 0 Å². The van der Waals surface area contributed by atoms with Crippen molar-refractivity contribution in [2.24, 2.45) is 5.41 Å². The smallest absolute Gasteiger partial charge is 0.472 e. The van der Waals surface area contributed by atoms with Gasteiger partial charge < -0.3 is 9.63 Å². The molecule has 1 saturated heterocycles. The predicted molar refractivity (Wildman–Crippen MR) is 71.0 cm³/mol. The molecule has 1 aliphatic heterocycles. The van der Waals surface area contributed by atoms with Gasteiger partial charge in [0.1, 0.15) is 11.9 Å². The van der Waals surface area contributed by atoms with Crippen LogP contribution in [0.25, 0.3) is 0 Å². The zero-order chi connectivity index (χ0) is 14.1. The molecule has 1 fully saturated rings. The minimum Gasteiger partial charge on any atom is -0.493 e. The van der Waals surface area contributed by atoms with Crippen LogP contribution in [-0.4, -0.2) is 18.1 Å². The number of ether oxygens (including phenoxy) is 1. The molecular weight excluding hydrogens is 267 g/mol. The molecule has 106 valence electrons. The zero-order valence-electron chi connectivity index (χ0n) is 11.3. The van der Waals surface area contributed by atoms with Crippen molar-refractivity contribution in [1.82, 2.24) is 0 Å². The molecule has 0 bridgehead atoms. The molecule has 1 aliphatic rings. The van der Waals surface area contributed by atoms with Gasteiger partial charge in [0.15, 0.2) is 0 Å².